The first-order valence-electron chi connectivity index (χ1n) is 9.25. The van der Waals surface area contributed by atoms with Gasteiger partial charge in [-0.05, 0) is 59.7 Å². The molecule has 10 heteroatoms. The molecule has 0 aromatic carbocycles. The molecule has 4 aromatic rings. The average Bonchev–Trinajstić information content (AvgIpc) is 3.47. The molecular weight excluding hydrogens is 448 g/mol. The van der Waals surface area contributed by atoms with Gasteiger partial charge in [-0.3, -0.25) is 30.2 Å². The number of aromatic nitrogens is 2. The third kappa shape index (κ3) is 5.17. The van der Waals surface area contributed by atoms with Gasteiger partial charge in [0.25, 0.3) is 0 Å². The van der Waals surface area contributed by atoms with Crippen LogP contribution >= 0.6 is 22.7 Å². The molecule has 0 atom stereocenters. The Morgan fingerprint density at radius 2 is 1.09 bits per heavy atom. The van der Waals surface area contributed by atoms with Crippen molar-refractivity contribution in [2.75, 3.05) is 0 Å². The van der Waals surface area contributed by atoms with Crippen molar-refractivity contribution in [3.05, 3.63) is 102 Å². The Balaban J connectivity index is 1.52. The summed E-state index contributed by atoms with van der Waals surface area (Å²) >= 11 is 2.22. The topological polar surface area (TPSA) is 112 Å². The summed E-state index contributed by atoms with van der Waals surface area (Å²) in [5.74, 6) is 0. The summed E-state index contributed by atoms with van der Waals surface area (Å²) in [6, 6.07) is 13.8. The van der Waals surface area contributed by atoms with Crippen LogP contribution in [-0.4, -0.2) is 19.8 Å². The van der Waals surface area contributed by atoms with Gasteiger partial charge in [0.05, 0.1) is 21.2 Å². The van der Waals surface area contributed by atoms with E-state index in [9.17, 15) is 20.2 Å². The number of hydrogen-bond acceptors (Lipinski definition) is 8. The predicted octanol–water partition coefficient (Wildman–Crippen LogP) is 6.42. The summed E-state index contributed by atoms with van der Waals surface area (Å²) in [6.07, 6.45) is 10.7. The van der Waals surface area contributed by atoms with E-state index in [1.54, 1.807) is 24.5 Å². The van der Waals surface area contributed by atoms with Crippen LogP contribution in [0.3, 0.4) is 0 Å². The lowest BCUT2D eigenvalue weighted by Gasteiger charge is -2.02. The molecule has 0 saturated carbocycles. The van der Waals surface area contributed by atoms with E-state index < -0.39 is 9.85 Å². The van der Waals surface area contributed by atoms with E-state index >= 15 is 0 Å². The number of rotatable bonds is 7. The van der Waals surface area contributed by atoms with Gasteiger partial charge in [0.2, 0.25) is 0 Å². The third-order valence-corrected chi connectivity index (χ3v) is 6.30. The number of hydrogen-bond donors (Lipinski definition) is 0. The highest BCUT2D eigenvalue weighted by atomic mass is 32.1. The molecule has 0 aliphatic heterocycles. The van der Waals surface area contributed by atoms with Crippen LogP contribution in [0.4, 0.5) is 10.0 Å². The number of nitro groups is 2. The van der Waals surface area contributed by atoms with Gasteiger partial charge in [-0.15, -0.1) is 0 Å². The van der Waals surface area contributed by atoms with Gasteiger partial charge < -0.3 is 0 Å². The highest BCUT2D eigenvalue weighted by Gasteiger charge is 2.09. The Kier molecular flexibility index (Phi) is 6.24. The highest BCUT2D eigenvalue weighted by molar-refractivity contribution is 7.16. The molecule has 0 saturated heterocycles. The van der Waals surface area contributed by atoms with Crippen molar-refractivity contribution in [2.24, 2.45) is 0 Å². The maximum absolute atomic E-state index is 10.8. The van der Waals surface area contributed by atoms with E-state index in [1.807, 2.05) is 48.6 Å². The van der Waals surface area contributed by atoms with Crippen LogP contribution in [0.1, 0.15) is 20.9 Å². The lowest BCUT2D eigenvalue weighted by Crippen LogP contribution is -1.88. The normalized spacial score (nSPS) is 11.4. The van der Waals surface area contributed by atoms with Gasteiger partial charge in [-0.1, -0.05) is 34.8 Å². The summed E-state index contributed by atoms with van der Waals surface area (Å²) in [5.41, 5.74) is 3.15. The summed E-state index contributed by atoms with van der Waals surface area (Å²) in [5, 5.41) is 21.8. The smallest absolute Gasteiger partial charge is 0.258 e. The van der Waals surface area contributed by atoms with Crippen molar-refractivity contribution >= 4 is 57.0 Å². The number of nitrogens with zero attached hydrogens (tertiary/aromatic N) is 4. The van der Waals surface area contributed by atoms with Crippen LogP contribution in [0.5, 0.6) is 0 Å². The minimum atomic E-state index is -0.403. The lowest BCUT2D eigenvalue weighted by molar-refractivity contribution is -0.380. The molecule has 4 aromatic heterocycles. The zero-order valence-corrected chi connectivity index (χ0v) is 18.0. The first-order chi connectivity index (χ1) is 15.5. The van der Waals surface area contributed by atoms with Crippen molar-refractivity contribution in [1.82, 2.24) is 9.97 Å². The lowest BCUT2D eigenvalue weighted by atomic mass is 10.1. The fraction of sp³-hybridized carbons (Fsp3) is 0. The van der Waals surface area contributed by atoms with Crippen molar-refractivity contribution in [2.45, 2.75) is 0 Å². The molecule has 0 fully saturated rings. The molecule has 0 N–H and O–H groups in total. The van der Waals surface area contributed by atoms with Crippen molar-refractivity contribution in [1.29, 1.82) is 0 Å². The van der Waals surface area contributed by atoms with Crippen molar-refractivity contribution in [3.8, 4) is 11.4 Å². The fourth-order valence-electron chi connectivity index (χ4n) is 2.80. The minimum absolute atomic E-state index is 0.103. The number of thiophene rings is 2. The van der Waals surface area contributed by atoms with Crippen LogP contribution in [0.25, 0.3) is 35.7 Å². The molecule has 4 rings (SSSR count). The van der Waals surface area contributed by atoms with E-state index in [1.165, 1.54) is 12.1 Å². The Hall–Kier alpha value is -4.02. The zero-order valence-electron chi connectivity index (χ0n) is 16.3. The first kappa shape index (κ1) is 21.2. The Labute approximate surface area is 190 Å². The highest BCUT2D eigenvalue weighted by Crippen LogP contribution is 2.27. The molecule has 158 valence electrons. The van der Waals surface area contributed by atoms with Gasteiger partial charge in [0.1, 0.15) is 0 Å². The molecule has 0 amide bonds. The van der Waals surface area contributed by atoms with Crippen molar-refractivity contribution < 1.29 is 9.85 Å². The quantitative estimate of drug-likeness (QED) is 0.231. The maximum atomic E-state index is 10.8. The Morgan fingerprint density at radius 1 is 0.656 bits per heavy atom. The van der Waals surface area contributed by atoms with E-state index in [2.05, 4.69) is 9.97 Å². The molecule has 8 nitrogen and oxygen atoms in total. The maximum Gasteiger partial charge on any atom is 0.324 e. The zero-order chi connectivity index (χ0) is 22.5. The van der Waals surface area contributed by atoms with Crippen LogP contribution < -0.4 is 0 Å². The largest absolute Gasteiger partial charge is 0.324 e. The van der Waals surface area contributed by atoms with Crippen LogP contribution in [0.2, 0.25) is 0 Å². The fourth-order valence-corrected chi connectivity index (χ4v) is 4.25. The molecule has 0 bridgehead atoms. The molecule has 4 heterocycles. The molecule has 32 heavy (non-hydrogen) atoms. The van der Waals surface area contributed by atoms with Gasteiger partial charge in [-0.2, -0.15) is 0 Å². The molecule has 0 unspecified atom stereocenters. The minimum Gasteiger partial charge on any atom is -0.258 e. The van der Waals surface area contributed by atoms with Crippen LogP contribution in [0.15, 0.2) is 60.9 Å². The summed E-state index contributed by atoms with van der Waals surface area (Å²) < 4.78 is 0. The monoisotopic (exact) mass is 462 g/mol. The second-order valence-electron chi connectivity index (χ2n) is 6.48. The summed E-state index contributed by atoms with van der Waals surface area (Å²) in [6.45, 7) is 0. The van der Waals surface area contributed by atoms with E-state index in [-0.39, 0.29) is 10.0 Å². The van der Waals surface area contributed by atoms with Crippen molar-refractivity contribution in [3.63, 3.8) is 0 Å². The summed E-state index contributed by atoms with van der Waals surface area (Å²) in [4.78, 5) is 31.2. The van der Waals surface area contributed by atoms with Gasteiger partial charge in [-0.25, -0.2) is 0 Å². The molecule has 0 aliphatic carbocycles. The molecular formula is C22H14N4O4S2. The second kappa shape index (κ2) is 9.41. The average molecular weight is 463 g/mol. The van der Waals surface area contributed by atoms with Crippen LogP contribution in [-0.2, 0) is 0 Å². The molecule has 0 radical (unpaired) electrons. The first-order valence-corrected chi connectivity index (χ1v) is 10.9. The Bertz CT molecular complexity index is 1250. The second-order valence-corrected chi connectivity index (χ2v) is 8.67. The molecule has 0 aliphatic rings. The van der Waals surface area contributed by atoms with Gasteiger partial charge in [0, 0.05) is 34.3 Å². The van der Waals surface area contributed by atoms with E-state index in [4.69, 9.17) is 0 Å². The number of pyridine rings is 2. The van der Waals surface area contributed by atoms with Crippen LogP contribution in [0, 0.1) is 20.2 Å². The van der Waals surface area contributed by atoms with E-state index in [0.717, 1.165) is 43.6 Å². The summed E-state index contributed by atoms with van der Waals surface area (Å²) in [7, 11) is 0. The standard InChI is InChI=1S/C22H14N4O4S2/c27-25(28)21-7-5-17(31-21)3-1-15-9-11-23-19(13-15)20-14-16(10-12-24-20)2-4-18-6-8-22(32-18)26(29)30/h1-14H/b3-1+,4-2+. The van der Waals surface area contributed by atoms with E-state index in [0.29, 0.717) is 11.4 Å². The SMILES string of the molecule is O=[N+]([O-])c1ccc(/C=C/c2ccnc(-c3cc(/C=C/c4ccc([N+](=O)[O-])s4)ccn3)c2)s1. The predicted molar refractivity (Wildman–Crippen MR) is 127 cm³/mol. The third-order valence-electron chi connectivity index (χ3n) is 4.30. The van der Waals surface area contributed by atoms with Gasteiger partial charge in [0.15, 0.2) is 0 Å². The van der Waals surface area contributed by atoms with Gasteiger partial charge >= 0.3 is 10.0 Å². The Morgan fingerprint density at radius 3 is 1.47 bits per heavy atom. The molecule has 0 spiro atoms.